The number of H-pyrrole nitrogens is 1. The van der Waals surface area contributed by atoms with Gasteiger partial charge in [-0.15, -0.1) is 0 Å². The molecule has 0 spiro atoms. The van der Waals surface area contributed by atoms with E-state index in [2.05, 4.69) is 67.5 Å². The molecule has 7 heteroatoms. The third kappa shape index (κ3) is 8.44. The molecule has 3 amide bonds. The Bertz CT molecular complexity index is 1410. The van der Waals surface area contributed by atoms with E-state index in [0.717, 1.165) is 16.5 Å². The van der Waals surface area contributed by atoms with Crippen LogP contribution in [-0.4, -0.2) is 60.1 Å². The van der Waals surface area contributed by atoms with Crippen LogP contribution in [0.4, 0.5) is 10.5 Å². The average Bonchev–Trinajstić information content (AvgIpc) is 3.38. The van der Waals surface area contributed by atoms with Crippen molar-refractivity contribution in [2.24, 2.45) is 0 Å². The van der Waals surface area contributed by atoms with Crippen molar-refractivity contribution in [1.82, 2.24) is 14.8 Å². The number of amides is 3. The Morgan fingerprint density at radius 2 is 1.59 bits per heavy atom. The van der Waals surface area contributed by atoms with Gasteiger partial charge in [-0.05, 0) is 53.1 Å². The van der Waals surface area contributed by atoms with Crippen molar-refractivity contribution in [3.05, 3.63) is 102 Å². The predicted molar refractivity (Wildman–Crippen MR) is 166 cm³/mol. The fraction of sp³-hybridized carbons (Fsp3) is 0.353. The Labute approximate surface area is 243 Å². The van der Waals surface area contributed by atoms with Crippen molar-refractivity contribution in [3.8, 4) is 0 Å². The lowest BCUT2D eigenvalue weighted by atomic mass is 9.87. The zero-order chi connectivity index (χ0) is 29.2. The molecule has 1 heterocycles. The molecule has 0 aliphatic carbocycles. The number of anilines is 1. The standard InChI is InChI=1S/C34H42N4O3/c1-34(2,3)28-17-15-26(16-18-28)24-37(21-19-27-23-35-31-14-9-8-13-30(27)31)32(39)25-38(20-10-22-41-4)33(40)36-29-11-6-5-7-12-29/h5-9,11-18,23,35H,10,19-22,24-25H2,1-4H3,(H,36,40). The summed E-state index contributed by atoms with van der Waals surface area (Å²) in [5.74, 6) is -0.0923. The second kappa shape index (κ2) is 14.0. The summed E-state index contributed by atoms with van der Waals surface area (Å²) in [6.45, 7) is 8.48. The number of nitrogens with one attached hydrogen (secondary N) is 2. The highest BCUT2D eigenvalue weighted by Crippen LogP contribution is 2.23. The van der Waals surface area contributed by atoms with Crippen LogP contribution < -0.4 is 5.32 Å². The number of carbonyl (C=O) groups excluding carboxylic acids is 2. The summed E-state index contributed by atoms with van der Waals surface area (Å²) in [7, 11) is 1.64. The van der Waals surface area contributed by atoms with Gasteiger partial charge in [0.05, 0.1) is 0 Å². The minimum atomic E-state index is -0.299. The first-order chi connectivity index (χ1) is 19.7. The molecular formula is C34H42N4O3. The van der Waals surface area contributed by atoms with E-state index in [4.69, 9.17) is 4.74 Å². The Kier molecular flexibility index (Phi) is 10.2. The third-order valence-electron chi connectivity index (χ3n) is 7.29. The van der Waals surface area contributed by atoms with Gasteiger partial charge >= 0.3 is 6.03 Å². The normalized spacial score (nSPS) is 11.4. The molecule has 0 aliphatic heterocycles. The molecule has 1 aromatic heterocycles. The highest BCUT2D eigenvalue weighted by molar-refractivity contribution is 5.92. The van der Waals surface area contributed by atoms with E-state index in [-0.39, 0.29) is 23.9 Å². The smallest absolute Gasteiger partial charge is 0.322 e. The molecule has 0 bridgehead atoms. The highest BCUT2D eigenvalue weighted by atomic mass is 16.5. The summed E-state index contributed by atoms with van der Waals surface area (Å²) in [5.41, 5.74) is 5.31. The van der Waals surface area contributed by atoms with E-state index < -0.39 is 0 Å². The number of urea groups is 1. The van der Waals surface area contributed by atoms with Crippen LogP contribution in [-0.2, 0) is 27.9 Å². The number of aromatic nitrogens is 1. The maximum Gasteiger partial charge on any atom is 0.322 e. The van der Waals surface area contributed by atoms with Crippen LogP contribution in [0.25, 0.3) is 10.9 Å². The molecular weight excluding hydrogens is 512 g/mol. The quantitative estimate of drug-likeness (QED) is 0.194. The van der Waals surface area contributed by atoms with Gasteiger partial charge in [-0.1, -0.05) is 81.4 Å². The Balaban J connectivity index is 1.53. The van der Waals surface area contributed by atoms with Crippen LogP contribution in [0, 0.1) is 0 Å². The van der Waals surface area contributed by atoms with Crippen molar-refractivity contribution in [1.29, 1.82) is 0 Å². The molecule has 0 unspecified atom stereocenters. The first-order valence-electron chi connectivity index (χ1n) is 14.3. The van der Waals surface area contributed by atoms with Crippen LogP contribution >= 0.6 is 0 Å². The number of hydrogen-bond donors (Lipinski definition) is 2. The minimum Gasteiger partial charge on any atom is -0.385 e. The lowest BCUT2D eigenvalue weighted by Gasteiger charge is -2.28. The predicted octanol–water partition coefficient (Wildman–Crippen LogP) is 6.61. The van der Waals surface area contributed by atoms with Gasteiger partial charge in [0, 0.05) is 56.1 Å². The zero-order valence-corrected chi connectivity index (χ0v) is 24.7. The number of para-hydroxylation sites is 2. The molecule has 41 heavy (non-hydrogen) atoms. The number of benzene rings is 3. The zero-order valence-electron chi connectivity index (χ0n) is 24.7. The maximum absolute atomic E-state index is 13.9. The van der Waals surface area contributed by atoms with Crippen LogP contribution in [0.1, 0.15) is 43.9 Å². The van der Waals surface area contributed by atoms with Gasteiger partial charge in [0.15, 0.2) is 0 Å². The van der Waals surface area contributed by atoms with Crippen LogP contribution in [0.2, 0.25) is 0 Å². The van der Waals surface area contributed by atoms with Crippen molar-refractivity contribution in [2.45, 2.75) is 45.6 Å². The van der Waals surface area contributed by atoms with Crippen molar-refractivity contribution < 1.29 is 14.3 Å². The number of rotatable bonds is 12. The first kappa shape index (κ1) is 29.9. The number of carbonyl (C=O) groups is 2. The van der Waals surface area contributed by atoms with Crippen LogP contribution in [0.5, 0.6) is 0 Å². The molecule has 4 rings (SSSR count). The highest BCUT2D eigenvalue weighted by Gasteiger charge is 2.22. The van der Waals surface area contributed by atoms with Crippen molar-refractivity contribution in [3.63, 3.8) is 0 Å². The van der Waals surface area contributed by atoms with Crippen LogP contribution in [0.3, 0.4) is 0 Å². The van der Waals surface area contributed by atoms with Gasteiger partial charge in [-0.25, -0.2) is 4.79 Å². The maximum atomic E-state index is 13.9. The molecule has 4 aromatic rings. The van der Waals surface area contributed by atoms with Gasteiger partial charge in [0.1, 0.15) is 6.54 Å². The second-order valence-electron chi connectivity index (χ2n) is 11.4. The van der Waals surface area contributed by atoms with Gasteiger partial charge in [0.25, 0.3) is 0 Å². The van der Waals surface area contributed by atoms with Gasteiger partial charge < -0.3 is 24.8 Å². The second-order valence-corrected chi connectivity index (χ2v) is 11.4. The number of aromatic amines is 1. The molecule has 0 aliphatic rings. The van der Waals surface area contributed by atoms with Crippen molar-refractivity contribution >= 4 is 28.5 Å². The van der Waals surface area contributed by atoms with Crippen LogP contribution in [0.15, 0.2) is 85.1 Å². The van der Waals surface area contributed by atoms with E-state index in [9.17, 15) is 9.59 Å². The van der Waals surface area contributed by atoms with E-state index in [0.29, 0.717) is 44.8 Å². The molecule has 7 nitrogen and oxygen atoms in total. The molecule has 0 atom stereocenters. The van der Waals surface area contributed by atoms with Gasteiger partial charge in [0.2, 0.25) is 5.91 Å². The molecule has 3 aromatic carbocycles. The first-order valence-corrected chi connectivity index (χ1v) is 14.3. The molecule has 0 saturated carbocycles. The molecule has 0 radical (unpaired) electrons. The van der Waals surface area contributed by atoms with Crippen molar-refractivity contribution in [2.75, 3.05) is 38.7 Å². The molecule has 2 N–H and O–H groups in total. The third-order valence-corrected chi connectivity index (χ3v) is 7.29. The minimum absolute atomic E-state index is 0.0175. The molecule has 0 saturated heterocycles. The fourth-order valence-corrected chi connectivity index (χ4v) is 4.86. The number of fused-ring (bicyclic) bond motifs is 1. The lowest BCUT2D eigenvalue weighted by Crippen LogP contribution is -2.45. The Morgan fingerprint density at radius 3 is 2.29 bits per heavy atom. The summed E-state index contributed by atoms with van der Waals surface area (Å²) < 4.78 is 5.21. The number of hydrogen-bond acceptors (Lipinski definition) is 3. The van der Waals surface area contributed by atoms with E-state index in [1.54, 1.807) is 12.0 Å². The largest absolute Gasteiger partial charge is 0.385 e. The summed E-state index contributed by atoms with van der Waals surface area (Å²) in [4.78, 5) is 33.9. The summed E-state index contributed by atoms with van der Waals surface area (Å²) in [6.07, 6.45) is 3.36. The molecule has 0 fully saturated rings. The fourth-order valence-electron chi connectivity index (χ4n) is 4.86. The lowest BCUT2D eigenvalue weighted by molar-refractivity contribution is -0.132. The van der Waals surface area contributed by atoms with Gasteiger partial charge in [-0.2, -0.15) is 0 Å². The number of ether oxygens (including phenoxy) is 1. The molecule has 216 valence electrons. The summed E-state index contributed by atoms with van der Waals surface area (Å²) in [6, 6.07) is 25.7. The Morgan fingerprint density at radius 1 is 0.878 bits per heavy atom. The van der Waals surface area contributed by atoms with E-state index >= 15 is 0 Å². The summed E-state index contributed by atoms with van der Waals surface area (Å²) in [5, 5.41) is 4.09. The van der Waals surface area contributed by atoms with E-state index in [1.165, 1.54) is 11.1 Å². The number of nitrogens with zero attached hydrogens (tertiary/aromatic N) is 2. The summed E-state index contributed by atoms with van der Waals surface area (Å²) >= 11 is 0. The number of methoxy groups -OCH3 is 1. The topological polar surface area (TPSA) is 77.7 Å². The SMILES string of the molecule is COCCCN(CC(=O)N(CCc1c[nH]c2ccccc12)Cc1ccc(C(C)(C)C)cc1)C(=O)Nc1ccccc1. The van der Waals surface area contributed by atoms with E-state index in [1.807, 2.05) is 53.6 Å². The average molecular weight is 555 g/mol. The monoisotopic (exact) mass is 554 g/mol. The Hall–Kier alpha value is -4.10. The van der Waals surface area contributed by atoms with Gasteiger partial charge in [-0.3, -0.25) is 4.79 Å².